The molecular formula is C26H20ClN3O3S. The minimum atomic E-state index is -0.494. The summed E-state index contributed by atoms with van der Waals surface area (Å²) in [5.41, 5.74) is 3.97. The Morgan fingerprint density at radius 3 is 2.53 bits per heavy atom. The standard InChI is InChI=1S/C26H20ClN3O3S/c1-14-7-4-5-8-16(14)21-20-22(28(2)26(32)29(3)25(20)31)23-24(19-9-6-12-34-19)33-18-11-10-15(27)13-17(18)30(21)23/h4-13,24H,1-3H3/t24-/m1/s1. The Morgan fingerprint density at radius 1 is 1.00 bits per heavy atom. The molecule has 0 aliphatic carbocycles. The Kier molecular flexibility index (Phi) is 4.62. The van der Waals surface area contributed by atoms with Gasteiger partial charge in [0.2, 0.25) is 0 Å². The van der Waals surface area contributed by atoms with E-state index < -0.39 is 6.10 Å². The first-order chi connectivity index (χ1) is 16.4. The fraction of sp³-hybridized carbons (Fsp3) is 0.154. The number of hydrogen-bond acceptors (Lipinski definition) is 4. The van der Waals surface area contributed by atoms with E-state index in [9.17, 15) is 9.59 Å². The number of rotatable bonds is 2. The molecule has 0 radical (unpaired) electrons. The van der Waals surface area contributed by atoms with Gasteiger partial charge in [0.05, 0.1) is 32.9 Å². The Hall–Kier alpha value is -3.55. The van der Waals surface area contributed by atoms with Crippen molar-refractivity contribution >= 4 is 33.8 Å². The lowest BCUT2D eigenvalue weighted by Crippen LogP contribution is -2.37. The Morgan fingerprint density at radius 2 is 1.79 bits per heavy atom. The molecule has 0 saturated heterocycles. The third kappa shape index (κ3) is 2.80. The molecule has 8 heteroatoms. The minimum Gasteiger partial charge on any atom is -0.476 e. The van der Waals surface area contributed by atoms with Gasteiger partial charge in [0.15, 0.2) is 6.10 Å². The highest BCUT2D eigenvalue weighted by Gasteiger charge is 2.37. The zero-order chi connectivity index (χ0) is 23.7. The third-order valence-corrected chi connectivity index (χ3v) is 7.62. The highest BCUT2D eigenvalue weighted by atomic mass is 35.5. The monoisotopic (exact) mass is 489 g/mol. The molecule has 4 heterocycles. The largest absolute Gasteiger partial charge is 0.476 e. The molecule has 6 rings (SSSR count). The molecule has 0 amide bonds. The van der Waals surface area contributed by atoms with Crippen molar-refractivity contribution in [3.8, 4) is 22.7 Å². The molecule has 0 saturated carbocycles. The van der Waals surface area contributed by atoms with E-state index in [0.29, 0.717) is 21.7 Å². The lowest BCUT2D eigenvalue weighted by atomic mass is 10.0. The lowest BCUT2D eigenvalue weighted by molar-refractivity contribution is 0.233. The second-order valence-corrected chi connectivity index (χ2v) is 9.85. The number of hydrogen-bond donors (Lipinski definition) is 0. The summed E-state index contributed by atoms with van der Waals surface area (Å²) in [6.07, 6.45) is -0.494. The van der Waals surface area contributed by atoms with Crippen molar-refractivity contribution in [2.24, 2.45) is 14.1 Å². The van der Waals surface area contributed by atoms with Gasteiger partial charge >= 0.3 is 5.69 Å². The molecule has 6 nitrogen and oxygen atoms in total. The summed E-state index contributed by atoms with van der Waals surface area (Å²) >= 11 is 8.00. The van der Waals surface area contributed by atoms with Crippen LogP contribution < -0.4 is 16.0 Å². The molecule has 1 atom stereocenters. The molecule has 1 aliphatic heterocycles. The first kappa shape index (κ1) is 21.0. The zero-order valence-electron chi connectivity index (χ0n) is 18.7. The third-order valence-electron chi connectivity index (χ3n) is 6.47. The summed E-state index contributed by atoms with van der Waals surface area (Å²) in [5, 5.41) is 3.02. The van der Waals surface area contributed by atoms with Crippen molar-refractivity contribution in [1.29, 1.82) is 0 Å². The predicted molar refractivity (Wildman–Crippen MR) is 136 cm³/mol. The lowest BCUT2D eigenvalue weighted by Gasteiger charge is -2.29. The Bertz CT molecular complexity index is 1730. The molecule has 34 heavy (non-hydrogen) atoms. The number of ether oxygens (including phenoxy) is 1. The van der Waals surface area contributed by atoms with E-state index >= 15 is 0 Å². The average molecular weight is 490 g/mol. The SMILES string of the molecule is Cc1ccccc1-c1c2c(=O)n(C)c(=O)n(C)c2c2n1-c1cc(Cl)ccc1O[C@@H]2c1cccs1. The van der Waals surface area contributed by atoms with Crippen LogP contribution in [0.2, 0.25) is 5.02 Å². The predicted octanol–water partition coefficient (Wildman–Crippen LogP) is 5.20. The summed E-state index contributed by atoms with van der Waals surface area (Å²) in [7, 11) is 3.21. The highest BCUT2D eigenvalue weighted by Crippen LogP contribution is 2.48. The van der Waals surface area contributed by atoms with E-state index in [2.05, 4.69) is 4.57 Å². The van der Waals surface area contributed by atoms with Crippen LogP contribution in [0.5, 0.6) is 5.75 Å². The number of thiophene rings is 1. The van der Waals surface area contributed by atoms with Crippen LogP contribution >= 0.6 is 22.9 Å². The second-order valence-electron chi connectivity index (χ2n) is 8.44. The number of fused-ring (bicyclic) bond motifs is 5. The Labute approximate surface area is 203 Å². The van der Waals surface area contributed by atoms with Gasteiger partial charge in [0.25, 0.3) is 5.56 Å². The molecule has 5 aromatic rings. The Balaban J connectivity index is 1.92. The smallest absolute Gasteiger partial charge is 0.331 e. The molecule has 0 fully saturated rings. The summed E-state index contributed by atoms with van der Waals surface area (Å²) in [6.45, 7) is 2.02. The summed E-state index contributed by atoms with van der Waals surface area (Å²) in [5.74, 6) is 0.660. The van der Waals surface area contributed by atoms with E-state index in [-0.39, 0.29) is 11.2 Å². The molecule has 2 aromatic carbocycles. The molecule has 0 N–H and O–H groups in total. The topological polar surface area (TPSA) is 58.2 Å². The van der Waals surface area contributed by atoms with Crippen molar-refractivity contribution in [1.82, 2.24) is 13.7 Å². The maximum absolute atomic E-state index is 13.7. The van der Waals surface area contributed by atoms with Gasteiger partial charge in [-0.3, -0.25) is 13.9 Å². The van der Waals surface area contributed by atoms with Gasteiger partial charge in [-0.1, -0.05) is 41.9 Å². The second kappa shape index (κ2) is 7.48. The fourth-order valence-corrected chi connectivity index (χ4v) is 5.78. The van der Waals surface area contributed by atoms with Crippen LogP contribution in [-0.2, 0) is 14.1 Å². The molecule has 0 unspecified atom stereocenters. The molecular weight excluding hydrogens is 470 g/mol. The van der Waals surface area contributed by atoms with Gasteiger partial charge in [-0.05, 0) is 42.1 Å². The highest BCUT2D eigenvalue weighted by molar-refractivity contribution is 7.10. The number of aryl methyl sites for hydroxylation is 2. The molecule has 0 bridgehead atoms. The van der Waals surface area contributed by atoms with Gasteiger partial charge in [-0.2, -0.15) is 0 Å². The van der Waals surface area contributed by atoms with Crippen molar-refractivity contribution < 1.29 is 4.74 Å². The van der Waals surface area contributed by atoms with Crippen LogP contribution in [0, 0.1) is 6.92 Å². The van der Waals surface area contributed by atoms with E-state index in [1.54, 1.807) is 29.0 Å². The molecule has 0 spiro atoms. The van der Waals surface area contributed by atoms with Crippen molar-refractivity contribution in [3.63, 3.8) is 0 Å². The van der Waals surface area contributed by atoms with Gasteiger partial charge in [-0.25, -0.2) is 4.79 Å². The van der Waals surface area contributed by atoms with Crippen LogP contribution in [0.4, 0.5) is 0 Å². The number of benzene rings is 2. The zero-order valence-corrected chi connectivity index (χ0v) is 20.3. The summed E-state index contributed by atoms with van der Waals surface area (Å²) in [6, 6.07) is 17.4. The van der Waals surface area contributed by atoms with Gasteiger partial charge < -0.3 is 9.30 Å². The molecule has 170 valence electrons. The quantitative estimate of drug-likeness (QED) is 0.342. The number of halogens is 1. The first-order valence-corrected chi connectivity index (χ1v) is 12.0. The van der Waals surface area contributed by atoms with Crippen LogP contribution in [0.15, 0.2) is 69.6 Å². The van der Waals surface area contributed by atoms with Crippen molar-refractivity contribution in [2.75, 3.05) is 0 Å². The van der Waals surface area contributed by atoms with E-state index in [1.807, 2.05) is 60.8 Å². The average Bonchev–Trinajstić information content (AvgIpc) is 3.48. The maximum atomic E-state index is 13.7. The van der Waals surface area contributed by atoms with Crippen molar-refractivity contribution in [3.05, 3.63) is 102 Å². The van der Waals surface area contributed by atoms with E-state index in [4.69, 9.17) is 16.3 Å². The normalized spacial score (nSPS) is 14.6. The number of aromatic nitrogens is 3. The van der Waals surface area contributed by atoms with Crippen molar-refractivity contribution in [2.45, 2.75) is 13.0 Å². The van der Waals surface area contributed by atoms with Crippen LogP contribution in [0.25, 0.3) is 27.8 Å². The van der Waals surface area contributed by atoms with Gasteiger partial charge in [-0.15, -0.1) is 11.3 Å². The number of nitrogens with zero attached hydrogens (tertiary/aromatic N) is 3. The van der Waals surface area contributed by atoms with Crippen LogP contribution in [0.3, 0.4) is 0 Å². The fourth-order valence-electron chi connectivity index (χ4n) is 4.86. The minimum absolute atomic E-state index is 0.341. The van der Waals surface area contributed by atoms with Gasteiger partial charge in [0, 0.05) is 24.7 Å². The summed E-state index contributed by atoms with van der Waals surface area (Å²) in [4.78, 5) is 27.7. The van der Waals surface area contributed by atoms with Crippen LogP contribution in [0.1, 0.15) is 22.2 Å². The van der Waals surface area contributed by atoms with Gasteiger partial charge in [0.1, 0.15) is 5.75 Å². The van der Waals surface area contributed by atoms with E-state index in [0.717, 1.165) is 37.6 Å². The first-order valence-electron chi connectivity index (χ1n) is 10.8. The maximum Gasteiger partial charge on any atom is 0.331 e. The molecule has 1 aliphatic rings. The molecule has 3 aromatic heterocycles. The summed E-state index contributed by atoms with van der Waals surface area (Å²) < 4.78 is 11.3. The van der Waals surface area contributed by atoms with Crippen LogP contribution in [-0.4, -0.2) is 13.7 Å². The van der Waals surface area contributed by atoms with E-state index in [1.165, 1.54) is 7.05 Å².